The highest BCUT2D eigenvalue weighted by atomic mass is 16.1. The summed E-state index contributed by atoms with van der Waals surface area (Å²) in [5, 5.41) is 6.42. The summed E-state index contributed by atoms with van der Waals surface area (Å²) in [5.41, 5.74) is 0.436. The van der Waals surface area contributed by atoms with Gasteiger partial charge in [0, 0.05) is 19.0 Å². The Morgan fingerprint density at radius 2 is 2.06 bits per heavy atom. The van der Waals surface area contributed by atoms with Crippen LogP contribution in [0.1, 0.15) is 59.3 Å². The average Bonchev–Trinajstić information content (AvgIpc) is 2.23. The molecule has 3 nitrogen and oxygen atoms in total. The van der Waals surface area contributed by atoms with Gasteiger partial charge in [-0.05, 0) is 37.6 Å². The number of hydrogen-bond donors (Lipinski definition) is 2. The Kier molecular flexibility index (Phi) is 5.96. The third-order valence-electron chi connectivity index (χ3n) is 3.96. The summed E-state index contributed by atoms with van der Waals surface area (Å²) in [6.07, 6.45) is 6.70. The lowest BCUT2D eigenvalue weighted by Gasteiger charge is -2.41. The summed E-state index contributed by atoms with van der Waals surface area (Å²) in [5.74, 6) is 0.218. The molecule has 0 spiro atoms. The normalized spacial score (nSPS) is 17.9. The number of amides is 1. The van der Waals surface area contributed by atoms with E-state index in [0.29, 0.717) is 17.9 Å². The van der Waals surface area contributed by atoms with Gasteiger partial charge in [0.1, 0.15) is 0 Å². The molecule has 0 saturated heterocycles. The monoisotopic (exact) mass is 240 g/mol. The molecule has 1 amide bonds. The highest BCUT2D eigenvalue weighted by Gasteiger charge is 2.34. The Labute approximate surface area is 106 Å². The Balaban J connectivity index is 2.05. The molecular weight excluding hydrogens is 212 g/mol. The quantitative estimate of drug-likeness (QED) is 0.640. The lowest BCUT2D eigenvalue weighted by atomic mass is 9.67. The minimum atomic E-state index is 0.218. The van der Waals surface area contributed by atoms with E-state index in [4.69, 9.17) is 0 Å². The Morgan fingerprint density at radius 1 is 1.35 bits per heavy atom. The van der Waals surface area contributed by atoms with Gasteiger partial charge in [-0.2, -0.15) is 0 Å². The predicted molar refractivity (Wildman–Crippen MR) is 72.0 cm³/mol. The number of carbonyl (C=O) groups is 1. The van der Waals surface area contributed by atoms with Crippen LogP contribution in [0.2, 0.25) is 0 Å². The van der Waals surface area contributed by atoms with Crippen molar-refractivity contribution in [2.75, 3.05) is 13.1 Å². The van der Waals surface area contributed by atoms with Crippen molar-refractivity contribution in [3.05, 3.63) is 0 Å². The summed E-state index contributed by atoms with van der Waals surface area (Å²) >= 11 is 0. The maximum atomic E-state index is 11.7. The third kappa shape index (κ3) is 5.07. The summed E-state index contributed by atoms with van der Waals surface area (Å²) in [6, 6.07) is 0.511. The fourth-order valence-corrected chi connectivity index (χ4v) is 2.35. The standard InChI is InChI=1S/C14H28N2O/c1-4-14(8-6-9-14)11-16-13(17)7-5-10-15-12(2)3/h12,15H,4-11H2,1-3H3,(H,16,17). The first-order chi connectivity index (χ1) is 8.08. The number of nitrogens with one attached hydrogen (secondary N) is 2. The highest BCUT2D eigenvalue weighted by molar-refractivity contribution is 5.75. The molecule has 1 saturated carbocycles. The number of hydrogen-bond acceptors (Lipinski definition) is 2. The fraction of sp³-hybridized carbons (Fsp3) is 0.929. The topological polar surface area (TPSA) is 41.1 Å². The summed E-state index contributed by atoms with van der Waals surface area (Å²) < 4.78 is 0. The largest absolute Gasteiger partial charge is 0.356 e. The van der Waals surface area contributed by atoms with Crippen LogP contribution in [0.25, 0.3) is 0 Å². The molecule has 0 aliphatic heterocycles. The van der Waals surface area contributed by atoms with Gasteiger partial charge in [-0.25, -0.2) is 0 Å². The molecule has 100 valence electrons. The van der Waals surface area contributed by atoms with Gasteiger partial charge < -0.3 is 10.6 Å². The van der Waals surface area contributed by atoms with Crippen LogP contribution in [0.5, 0.6) is 0 Å². The molecule has 0 aromatic heterocycles. The first kappa shape index (κ1) is 14.5. The summed E-state index contributed by atoms with van der Waals surface area (Å²) in [6.45, 7) is 8.31. The number of rotatable bonds is 8. The van der Waals surface area contributed by atoms with Crippen LogP contribution >= 0.6 is 0 Å². The molecule has 1 aliphatic carbocycles. The molecule has 1 rings (SSSR count). The van der Waals surface area contributed by atoms with E-state index in [-0.39, 0.29) is 5.91 Å². The SMILES string of the molecule is CCC1(CNC(=O)CCCNC(C)C)CCC1. The van der Waals surface area contributed by atoms with Gasteiger partial charge in [-0.15, -0.1) is 0 Å². The number of carbonyl (C=O) groups excluding carboxylic acids is 1. The van der Waals surface area contributed by atoms with Gasteiger partial charge in [0.15, 0.2) is 0 Å². The first-order valence-electron chi connectivity index (χ1n) is 7.08. The molecule has 3 heteroatoms. The van der Waals surface area contributed by atoms with Crippen molar-refractivity contribution in [3.8, 4) is 0 Å². The summed E-state index contributed by atoms with van der Waals surface area (Å²) in [7, 11) is 0. The van der Waals surface area contributed by atoms with Crippen molar-refractivity contribution >= 4 is 5.91 Å². The van der Waals surface area contributed by atoms with Crippen LogP contribution in [0.3, 0.4) is 0 Å². The molecule has 0 aromatic carbocycles. The van der Waals surface area contributed by atoms with Crippen molar-refractivity contribution in [1.82, 2.24) is 10.6 Å². The van der Waals surface area contributed by atoms with Gasteiger partial charge in [0.2, 0.25) is 5.91 Å². The van der Waals surface area contributed by atoms with Crippen molar-refractivity contribution in [3.63, 3.8) is 0 Å². The van der Waals surface area contributed by atoms with E-state index in [9.17, 15) is 4.79 Å². The molecule has 17 heavy (non-hydrogen) atoms. The van der Waals surface area contributed by atoms with Crippen LogP contribution in [0.15, 0.2) is 0 Å². The Bertz CT molecular complexity index is 229. The molecular formula is C14H28N2O. The van der Waals surface area contributed by atoms with E-state index in [0.717, 1.165) is 19.5 Å². The molecule has 2 N–H and O–H groups in total. The van der Waals surface area contributed by atoms with E-state index < -0.39 is 0 Å². The first-order valence-corrected chi connectivity index (χ1v) is 7.08. The maximum absolute atomic E-state index is 11.7. The molecule has 0 heterocycles. The van der Waals surface area contributed by atoms with E-state index >= 15 is 0 Å². The van der Waals surface area contributed by atoms with Crippen molar-refractivity contribution in [2.24, 2.45) is 5.41 Å². The summed E-state index contributed by atoms with van der Waals surface area (Å²) in [4.78, 5) is 11.7. The van der Waals surface area contributed by atoms with Crippen molar-refractivity contribution in [2.45, 2.75) is 65.3 Å². The van der Waals surface area contributed by atoms with Gasteiger partial charge in [-0.3, -0.25) is 4.79 Å². The maximum Gasteiger partial charge on any atom is 0.220 e. The van der Waals surface area contributed by atoms with Crippen LogP contribution < -0.4 is 10.6 Å². The predicted octanol–water partition coefficient (Wildman–Crippen LogP) is 2.46. The van der Waals surface area contributed by atoms with E-state index in [2.05, 4.69) is 31.4 Å². The van der Waals surface area contributed by atoms with Gasteiger partial charge >= 0.3 is 0 Å². The van der Waals surface area contributed by atoms with Gasteiger partial charge in [0.25, 0.3) is 0 Å². The molecule has 0 aromatic rings. The van der Waals surface area contributed by atoms with Crippen LogP contribution in [-0.2, 0) is 4.79 Å². The highest BCUT2D eigenvalue weighted by Crippen LogP contribution is 2.42. The Hall–Kier alpha value is -0.570. The van der Waals surface area contributed by atoms with Gasteiger partial charge in [0.05, 0.1) is 0 Å². The van der Waals surface area contributed by atoms with Crippen LogP contribution in [0, 0.1) is 5.41 Å². The fourth-order valence-electron chi connectivity index (χ4n) is 2.35. The van der Waals surface area contributed by atoms with Gasteiger partial charge in [-0.1, -0.05) is 27.2 Å². The smallest absolute Gasteiger partial charge is 0.220 e. The van der Waals surface area contributed by atoms with Crippen molar-refractivity contribution < 1.29 is 4.79 Å². The second kappa shape index (κ2) is 7.00. The third-order valence-corrected chi connectivity index (χ3v) is 3.96. The molecule has 0 unspecified atom stereocenters. The molecule has 0 atom stereocenters. The van der Waals surface area contributed by atoms with Crippen LogP contribution in [0.4, 0.5) is 0 Å². The van der Waals surface area contributed by atoms with E-state index in [1.165, 1.54) is 25.7 Å². The second-order valence-electron chi connectivity index (χ2n) is 5.70. The molecule has 0 bridgehead atoms. The van der Waals surface area contributed by atoms with E-state index in [1.54, 1.807) is 0 Å². The van der Waals surface area contributed by atoms with Crippen molar-refractivity contribution in [1.29, 1.82) is 0 Å². The zero-order valence-electron chi connectivity index (χ0n) is 11.6. The average molecular weight is 240 g/mol. The minimum absolute atomic E-state index is 0.218. The molecule has 1 aliphatic rings. The zero-order valence-corrected chi connectivity index (χ0v) is 11.6. The Morgan fingerprint density at radius 3 is 2.53 bits per heavy atom. The second-order valence-corrected chi connectivity index (χ2v) is 5.70. The lowest BCUT2D eigenvalue weighted by Crippen LogP contribution is -2.41. The lowest BCUT2D eigenvalue weighted by molar-refractivity contribution is -0.122. The molecule has 1 fully saturated rings. The van der Waals surface area contributed by atoms with Crippen LogP contribution in [-0.4, -0.2) is 25.0 Å². The minimum Gasteiger partial charge on any atom is -0.356 e. The van der Waals surface area contributed by atoms with E-state index in [1.807, 2.05) is 0 Å². The zero-order chi connectivity index (χ0) is 12.7. The molecule has 0 radical (unpaired) electrons.